The molecule has 0 saturated carbocycles. The fraction of sp³-hybridized carbons (Fsp3) is 0.950. The second-order valence-corrected chi connectivity index (χ2v) is 7.65. The summed E-state index contributed by atoms with van der Waals surface area (Å²) in [5, 5.41) is 16.2. The van der Waals surface area contributed by atoms with Gasteiger partial charge in [-0.15, -0.1) is 0 Å². The van der Waals surface area contributed by atoms with Gasteiger partial charge in [0.05, 0.1) is 0 Å². The van der Waals surface area contributed by atoms with Crippen molar-refractivity contribution < 1.29 is 5.11 Å². The number of unbranched alkanes of at least 4 members (excludes halogenated alkanes) is 1. The molecule has 1 aliphatic rings. The Balaban J connectivity index is 2.32. The molecule has 1 saturated heterocycles. The van der Waals surface area contributed by atoms with Crippen molar-refractivity contribution in [2.75, 3.05) is 66.0 Å². The van der Waals surface area contributed by atoms with Gasteiger partial charge in [-0.3, -0.25) is 4.99 Å². The van der Waals surface area contributed by atoms with Crippen LogP contribution in [0.15, 0.2) is 4.99 Å². The Bertz CT molecular complexity index is 376. The molecule has 0 unspecified atom stereocenters. The third-order valence-corrected chi connectivity index (χ3v) is 5.85. The summed E-state index contributed by atoms with van der Waals surface area (Å²) in [6, 6.07) is 0. The van der Waals surface area contributed by atoms with Crippen molar-refractivity contribution in [3.63, 3.8) is 0 Å². The van der Waals surface area contributed by atoms with Crippen molar-refractivity contribution in [3.8, 4) is 0 Å². The summed E-state index contributed by atoms with van der Waals surface area (Å²) in [6.45, 7) is 15.4. The Hall–Kier alpha value is -0.850. The van der Waals surface area contributed by atoms with Crippen LogP contribution in [-0.2, 0) is 0 Å². The molecule has 26 heavy (non-hydrogen) atoms. The lowest BCUT2D eigenvalue weighted by Gasteiger charge is -2.32. The summed E-state index contributed by atoms with van der Waals surface area (Å²) < 4.78 is 0. The number of likely N-dealkylation sites (N-methyl/N-ethyl adjacent to an activating group) is 1. The number of hydrogen-bond acceptors (Lipinski definition) is 4. The molecule has 1 fully saturated rings. The Morgan fingerprint density at radius 2 is 1.73 bits per heavy atom. The minimum atomic E-state index is 0.124. The Kier molecular flexibility index (Phi) is 11.9. The van der Waals surface area contributed by atoms with Gasteiger partial charge in [0, 0.05) is 52.4 Å². The molecule has 154 valence electrons. The summed E-state index contributed by atoms with van der Waals surface area (Å²) in [6.07, 6.45) is 5.33. The molecule has 1 heterocycles. The van der Waals surface area contributed by atoms with Gasteiger partial charge >= 0.3 is 0 Å². The van der Waals surface area contributed by atoms with Crippen LogP contribution in [0.4, 0.5) is 0 Å². The van der Waals surface area contributed by atoms with Crippen LogP contribution in [0.2, 0.25) is 0 Å². The first kappa shape index (κ1) is 23.2. The molecule has 1 rings (SSSR count). The monoisotopic (exact) mass is 369 g/mol. The highest BCUT2D eigenvalue weighted by molar-refractivity contribution is 5.79. The fourth-order valence-electron chi connectivity index (χ4n) is 3.47. The Morgan fingerprint density at radius 3 is 2.31 bits per heavy atom. The second kappa shape index (κ2) is 13.3. The second-order valence-electron chi connectivity index (χ2n) is 7.65. The number of guanidine groups is 1. The van der Waals surface area contributed by atoms with E-state index in [1.54, 1.807) is 0 Å². The van der Waals surface area contributed by atoms with Crippen LogP contribution < -0.4 is 10.6 Å². The summed E-state index contributed by atoms with van der Waals surface area (Å²) in [4.78, 5) is 9.79. The van der Waals surface area contributed by atoms with Gasteiger partial charge in [0.1, 0.15) is 0 Å². The highest BCUT2D eigenvalue weighted by Gasteiger charge is 2.25. The first-order chi connectivity index (χ1) is 12.6. The van der Waals surface area contributed by atoms with Gasteiger partial charge in [-0.1, -0.05) is 13.8 Å². The molecule has 1 aliphatic heterocycles. The predicted octanol–water partition coefficient (Wildman–Crippen LogP) is 1.76. The standard InChI is InChI=1S/C20H43N5O/c1-5-20(6-2,10-17-26)18-23-19(21-7-3)22-11-8-9-12-25-15-13-24(4)14-16-25/h26H,5-18H2,1-4H3,(H2,21,22,23). The number of piperazine rings is 1. The Morgan fingerprint density at radius 1 is 1.04 bits per heavy atom. The molecule has 0 aromatic rings. The van der Waals surface area contributed by atoms with Gasteiger partial charge in [-0.25, -0.2) is 0 Å². The molecule has 0 spiro atoms. The number of aliphatic imine (C=N–C) groups is 1. The summed E-state index contributed by atoms with van der Waals surface area (Å²) in [7, 11) is 2.20. The minimum absolute atomic E-state index is 0.124. The summed E-state index contributed by atoms with van der Waals surface area (Å²) in [5.41, 5.74) is 0.124. The van der Waals surface area contributed by atoms with Crippen LogP contribution in [0.25, 0.3) is 0 Å². The Labute approximate surface area is 161 Å². The average Bonchev–Trinajstić information content (AvgIpc) is 2.66. The average molecular weight is 370 g/mol. The maximum absolute atomic E-state index is 9.37. The van der Waals surface area contributed by atoms with Crippen LogP contribution in [0.3, 0.4) is 0 Å². The highest BCUT2D eigenvalue weighted by Crippen LogP contribution is 2.30. The number of rotatable bonds is 12. The van der Waals surface area contributed by atoms with E-state index in [4.69, 9.17) is 4.99 Å². The van der Waals surface area contributed by atoms with Gasteiger partial charge in [0.2, 0.25) is 0 Å². The summed E-state index contributed by atoms with van der Waals surface area (Å²) >= 11 is 0. The van der Waals surface area contributed by atoms with Gasteiger partial charge in [0.25, 0.3) is 0 Å². The van der Waals surface area contributed by atoms with Gasteiger partial charge < -0.3 is 25.5 Å². The van der Waals surface area contributed by atoms with Crippen LogP contribution in [0.1, 0.15) is 52.9 Å². The third-order valence-electron chi connectivity index (χ3n) is 5.85. The normalized spacial score (nSPS) is 17.5. The van der Waals surface area contributed by atoms with Gasteiger partial charge in [-0.05, 0) is 58.0 Å². The van der Waals surface area contributed by atoms with Crippen LogP contribution in [0.5, 0.6) is 0 Å². The highest BCUT2D eigenvalue weighted by atomic mass is 16.3. The maximum atomic E-state index is 9.37. The van der Waals surface area contributed by atoms with Gasteiger partial charge in [0.15, 0.2) is 5.96 Å². The lowest BCUT2D eigenvalue weighted by atomic mass is 9.79. The number of aliphatic hydroxyl groups excluding tert-OH is 1. The maximum Gasteiger partial charge on any atom is 0.191 e. The molecule has 0 atom stereocenters. The van der Waals surface area contributed by atoms with E-state index >= 15 is 0 Å². The van der Waals surface area contributed by atoms with E-state index < -0.39 is 0 Å². The number of nitrogens with zero attached hydrogens (tertiary/aromatic N) is 3. The van der Waals surface area contributed by atoms with E-state index in [0.717, 1.165) is 44.9 Å². The van der Waals surface area contributed by atoms with E-state index in [-0.39, 0.29) is 12.0 Å². The van der Waals surface area contributed by atoms with Crippen molar-refractivity contribution in [1.82, 2.24) is 20.4 Å². The molecular formula is C20H43N5O. The SMILES string of the molecule is CCNC(=NCC(CC)(CC)CCO)NCCCCN1CCN(C)CC1. The molecule has 0 bridgehead atoms. The molecule has 0 radical (unpaired) electrons. The van der Waals surface area contributed by atoms with E-state index in [2.05, 4.69) is 48.3 Å². The van der Waals surface area contributed by atoms with E-state index in [0.29, 0.717) is 0 Å². The number of nitrogens with one attached hydrogen (secondary N) is 2. The van der Waals surface area contributed by atoms with E-state index in [9.17, 15) is 5.11 Å². The first-order valence-corrected chi connectivity index (χ1v) is 10.6. The van der Waals surface area contributed by atoms with Crippen molar-refractivity contribution in [2.24, 2.45) is 10.4 Å². The first-order valence-electron chi connectivity index (χ1n) is 10.6. The smallest absolute Gasteiger partial charge is 0.191 e. The van der Waals surface area contributed by atoms with Crippen molar-refractivity contribution in [2.45, 2.75) is 52.9 Å². The zero-order chi connectivity index (χ0) is 19.3. The van der Waals surface area contributed by atoms with Crippen molar-refractivity contribution >= 4 is 5.96 Å². The lowest BCUT2D eigenvalue weighted by molar-refractivity contribution is 0.152. The lowest BCUT2D eigenvalue weighted by Crippen LogP contribution is -2.44. The van der Waals surface area contributed by atoms with Crippen LogP contribution in [0, 0.1) is 5.41 Å². The molecule has 6 nitrogen and oxygen atoms in total. The molecule has 0 aromatic heterocycles. The van der Waals surface area contributed by atoms with E-state index in [1.807, 2.05) is 0 Å². The molecule has 6 heteroatoms. The minimum Gasteiger partial charge on any atom is -0.396 e. The number of hydrogen-bond donors (Lipinski definition) is 3. The fourth-order valence-corrected chi connectivity index (χ4v) is 3.47. The number of aliphatic hydroxyl groups is 1. The predicted molar refractivity (Wildman–Crippen MR) is 112 cm³/mol. The van der Waals surface area contributed by atoms with Crippen LogP contribution in [-0.4, -0.2) is 86.9 Å². The molecule has 0 aromatic carbocycles. The zero-order valence-corrected chi connectivity index (χ0v) is 17.7. The third kappa shape index (κ3) is 8.69. The van der Waals surface area contributed by atoms with E-state index in [1.165, 1.54) is 45.6 Å². The zero-order valence-electron chi connectivity index (χ0n) is 17.7. The molecular weight excluding hydrogens is 326 g/mol. The van der Waals surface area contributed by atoms with Crippen molar-refractivity contribution in [1.29, 1.82) is 0 Å². The molecule has 0 amide bonds. The molecule has 3 N–H and O–H groups in total. The summed E-state index contributed by atoms with van der Waals surface area (Å²) in [5.74, 6) is 0.913. The molecule has 0 aliphatic carbocycles. The largest absolute Gasteiger partial charge is 0.396 e. The quantitative estimate of drug-likeness (QED) is 0.278. The van der Waals surface area contributed by atoms with Crippen molar-refractivity contribution in [3.05, 3.63) is 0 Å². The van der Waals surface area contributed by atoms with Gasteiger partial charge in [-0.2, -0.15) is 0 Å². The van der Waals surface area contributed by atoms with Crippen LogP contribution >= 0.6 is 0 Å². The topological polar surface area (TPSA) is 63.1 Å².